The Labute approximate surface area is 125 Å². The highest BCUT2D eigenvalue weighted by atomic mass is 16.5. The number of carbonyl (C=O) groups excluding carboxylic acids is 1. The molecule has 0 fully saturated rings. The lowest BCUT2D eigenvalue weighted by Gasteiger charge is -2.08. The van der Waals surface area contributed by atoms with Crippen LogP contribution in [-0.4, -0.2) is 5.91 Å². The molecule has 0 atom stereocenters. The van der Waals surface area contributed by atoms with Gasteiger partial charge in [-0.05, 0) is 43.2 Å². The fourth-order valence-corrected chi connectivity index (χ4v) is 1.86. The van der Waals surface area contributed by atoms with E-state index >= 15 is 0 Å². The maximum absolute atomic E-state index is 12.2. The second-order valence-corrected chi connectivity index (χ2v) is 4.75. The molecule has 0 saturated carbocycles. The molecule has 108 valence electrons. The van der Waals surface area contributed by atoms with E-state index in [9.17, 15) is 4.79 Å². The smallest absolute Gasteiger partial charge is 0.254 e. The summed E-state index contributed by atoms with van der Waals surface area (Å²) in [6.45, 7) is 3.93. The van der Waals surface area contributed by atoms with Gasteiger partial charge in [0, 0.05) is 5.69 Å². The average molecular weight is 281 g/mol. The molecule has 3 heteroatoms. The Kier molecular flexibility index (Phi) is 5.16. The zero-order valence-corrected chi connectivity index (χ0v) is 12.3. The number of nitrogens with one attached hydrogen (secondary N) is 1. The summed E-state index contributed by atoms with van der Waals surface area (Å²) in [6, 6.07) is 17.1. The Morgan fingerprint density at radius 3 is 2.57 bits per heavy atom. The second-order valence-electron chi connectivity index (χ2n) is 4.75. The molecule has 0 aromatic heterocycles. The summed E-state index contributed by atoms with van der Waals surface area (Å²) in [6.07, 6.45) is 2.12. The SMILES string of the molecule is CCC(=COc1cccc(C)c1)C(=O)Nc1ccccc1. The fourth-order valence-electron chi connectivity index (χ4n) is 1.86. The largest absolute Gasteiger partial charge is 0.465 e. The number of aryl methyl sites for hydroxylation is 1. The van der Waals surface area contributed by atoms with Crippen LogP contribution in [0, 0.1) is 6.92 Å². The van der Waals surface area contributed by atoms with Gasteiger partial charge < -0.3 is 10.1 Å². The number of ether oxygens (including phenoxy) is 1. The number of benzene rings is 2. The van der Waals surface area contributed by atoms with Crippen LogP contribution in [0.25, 0.3) is 0 Å². The van der Waals surface area contributed by atoms with Gasteiger partial charge in [0.1, 0.15) is 5.75 Å². The normalized spacial score (nSPS) is 11.0. The minimum atomic E-state index is -0.142. The summed E-state index contributed by atoms with van der Waals surface area (Å²) in [5.74, 6) is 0.588. The third kappa shape index (κ3) is 4.49. The van der Waals surface area contributed by atoms with Crippen LogP contribution >= 0.6 is 0 Å². The predicted octanol–water partition coefficient (Wildman–Crippen LogP) is 4.31. The summed E-state index contributed by atoms with van der Waals surface area (Å²) >= 11 is 0. The van der Waals surface area contributed by atoms with Crippen LogP contribution in [0.2, 0.25) is 0 Å². The number of rotatable bonds is 5. The Balaban J connectivity index is 2.04. The molecule has 0 aliphatic heterocycles. The van der Waals surface area contributed by atoms with Crippen LogP contribution in [0.1, 0.15) is 18.9 Å². The molecule has 2 aromatic rings. The minimum absolute atomic E-state index is 0.142. The van der Waals surface area contributed by atoms with Crippen molar-refractivity contribution in [1.82, 2.24) is 0 Å². The van der Waals surface area contributed by atoms with Crippen LogP contribution in [0.3, 0.4) is 0 Å². The summed E-state index contributed by atoms with van der Waals surface area (Å²) in [5.41, 5.74) is 2.49. The van der Waals surface area contributed by atoms with Gasteiger partial charge in [0.15, 0.2) is 0 Å². The quantitative estimate of drug-likeness (QED) is 0.655. The van der Waals surface area contributed by atoms with E-state index < -0.39 is 0 Å². The molecule has 21 heavy (non-hydrogen) atoms. The summed E-state index contributed by atoms with van der Waals surface area (Å²) in [5, 5.41) is 2.85. The molecular weight excluding hydrogens is 262 g/mol. The van der Waals surface area contributed by atoms with Crippen molar-refractivity contribution >= 4 is 11.6 Å². The monoisotopic (exact) mass is 281 g/mol. The molecule has 1 amide bonds. The third-order valence-electron chi connectivity index (χ3n) is 3.03. The van der Waals surface area contributed by atoms with Crippen molar-refractivity contribution < 1.29 is 9.53 Å². The van der Waals surface area contributed by atoms with Gasteiger partial charge >= 0.3 is 0 Å². The Morgan fingerprint density at radius 1 is 1.14 bits per heavy atom. The molecule has 0 unspecified atom stereocenters. The van der Waals surface area contributed by atoms with E-state index in [4.69, 9.17) is 4.74 Å². The third-order valence-corrected chi connectivity index (χ3v) is 3.03. The molecule has 1 N–H and O–H groups in total. The van der Waals surface area contributed by atoms with Crippen molar-refractivity contribution in [2.24, 2.45) is 0 Å². The highest BCUT2D eigenvalue weighted by molar-refractivity contribution is 6.03. The lowest BCUT2D eigenvalue weighted by atomic mass is 10.2. The highest BCUT2D eigenvalue weighted by Crippen LogP contribution is 2.15. The summed E-state index contributed by atoms with van der Waals surface area (Å²) in [7, 11) is 0. The molecule has 3 nitrogen and oxygen atoms in total. The average Bonchev–Trinajstić information content (AvgIpc) is 2.49. The summed E-state index contributed by atoms with van der Waals surface area (Å²) < 4.78 is 5.58. The summed E-state index contributed by atoms with van der Waals surface area (Å²) in [4.78, 5) is 12.2. The Bertz CT molecular complexity index is 633. The number of hydrogen-bond donors (Lipinski definition) is 1. The molecular formula is C18H19NO2. The van der Waals surface area contributed by atoms with E-state index in [0.717, 1.165) is 17.0 Å². The van der Waals surface area contributed by atoms with Gasteiger partial charge in [-0.1, -0.05) is 37.3 Å². The second kappa shape index (κ2) is 7.29. The van der Waals surface area contributed by atoms with Crippen molar-refractivity contribution in [3.8, 4) is 5.75 Å². The molecule has 0 spiro atoms. The zero-order valence-electron chi connectivity index (χ0n) is 12.3. The minimum Gasteiger partial charge on any atom is -0.465 e. The molecule has 0 bridgehead atoms. The van der Waals surface area contributed by atoms with E-state index in [2.05, 4.69) is 5.32 Å². The van der Waals surface area contributed by atoms with Gasteiger partial charge in [0.2, 0.25) is 0 Å². The topological polar surface area (TPSA) is 38.3 Å². The highest BCUT2D eigenvalue weighted by Gasteiger charge is 2.08. The standard InChI is InChI=1S/C18H19NO2/c1-3-15(13-21-17-11-7-8-14(2)12-17)18(20)19-16-9-5-4-6-10-16/h4-13H,3H2,1-2H3,(H,19,20). The van der Waals surface area contributed by atoms with Crippen LogP contribution < -0.4 is 10.1 Å². The van der Waals surface area contributed by atoms with Crippen molar-refractivity contribution in [1.29, 1.82) is 0 Å². The molecule has 2 aromatic carbocycles. The maximum Gasteiger partial charge on any atom is 0.254 e. The van der Waals surface area contributed by atoms with E-state index in [1.54, 1.807) is 0 Å². The lowest BCUT2D eigenvalue weighted by molar-refractivity contribution is -0.113. The first-order valence-electron chi connectivity index (χ1n) is 6.98. The molecule has 0 radical (unpaired) electrons. The number of anilines is 1. The fraction of sp³-hybridized carbons (Fsp3) is 0.167. The van der Waals surface area contributed by atoms with Crippen LogP contribution in [-0.2, 0) is 4.79 Å². The van der Waals surface area contributed by atoms with Gasteiger partial charge in [-0.3, -0.25) is 4.79 Å². The van der Waals surface area contributed by atoms with Crippen molar-refractivity contribution in [3.63, 3.8) is 0 Å². The number of carbonyl (C=O) groups is 1. The van der Waals surface area contributed by atoms with E-state index in [0.29, 0.717) is 12.0 Å². The van der Waals surface area contributed by atoms with Crippen molar-refractivity contribution in [2.75, 3.05) is 5.32 Å². The Morgan fingerprint density at radius 2 is 1.90 bits per heavy atom. The number of para-hydroxylation sites is 1. The lowest BCUT2D eigenvalue weighted by Crippen LogP contribution is -2.14. The van der Waals surface area contributed by atoms with E-state index in [-0.39, 0.29) is 5.91 Å². The molecule has 0 aliphatic carbocycles. The Hall–Kier alpha value is -2.55. The van der Waals surface area contributed by atoms with Gasteiger partial charge in [-0.15, -0.1) is 0 Å². The van der Waals surface area contributed by atoms with Crippen LogP contribution in [0.4, 0.5) is 5.69 Å². The molecule has 0 aliphatic rings. The first-order valence-corrected chi connectivity index (χ1v) is 6.98. The number of hydrogen-bond acceptors (Lipinski definition) is 2. The predicted molar refractivity (Wildman–Crippen MR) is 85.3 cm³/mol. The molecule has 0 heterocycles. The van der Waals surface area contributed by atoms with Gasteiger partial charge in [0.05, 0.1) is 11.8 Å². The van der Waals surface area contributed by atoms with Crippen LogP contribution in [0.5, 0.6) is 5.75 Å². The number of amides is 1. The molecule has 2 rings (SSSR count). The maximum atomic E-state index is 12.2. The van der Waals surface area contributed by atoms with E-state index in [1.807, 2.05) is 68.4 Å². The zero-order chi connectivity index (χ0) is 15.1. The van der Waals surface area contributed by atoms with Gasteiger partial charge in [-0.25, -0.2) is 0 Å². The first kappa shape index (κ1) is 14.9. The van der Waals surface area contributed by atoms with Gasteiger partial charge in [0.25, 0.3) is 5.91 Å². The van der Waals surface area contributed by atoms with Gasteiger partial charge in [-0.2, -0.15) is 0 Å². The van der Waals surface area contributed by atoms with Crippen molar-refractivity contribution in [3.05, 3.63) is 72.0 Å². The van der Waals surface area contributed by atoms with Crippen molar-refractivity contribution in [2.45, 2.75) is 20.3 Å². The van der Waals surface area contributed by atoms with E-state index in [1.165, 1.54) is 6.26 Å². The first-order chi connectivity index (χ1) is 10.2. The molecule has 0 saturated heterocycles. The van der Waals surface area contributed by atoms with Crippen LogP contribution in [0.15, 0.2) is 66.4 Å².